The number of anilines is 1. The number of ether oxygens (including phenoxy) is 1. The van der Waals surface area contributed by atoms with Crippen LogP contribution in [-0.4, -0.2) is 6.61 Å². The predicted octanol–water partition coefficient (Wildman–Crippen LogP) is 4.01. The topological polar surface area (TPSA) is 21.3 Å². The molecular formula is C16H16FNO. The van der Waals surface area contributed by atoms with Gasteiger partial charge in [0.1, 0.15) is 11.6 Å². The highest BCUT2D eigenvalue weighted by Gasteiger charge is 2.27. The highest BCUT2D eigenvalue weighted by Crippen LogP contribution is 2.37. The molecule has 1 aliphatic heterocycles. The molecule has 1 heterocycles. The summed E-state index contributed by atoms with van der Waals surface area (Å²) in [6.45, 7) is 2.84. The molecule has 3 rings (SSSR count). The molecule has 0 spiro atoms. The summed E-state index contributed by atoms with van der Waals surface area (Å²) in [6.07, 6.45) is 0. The maximum atomic E-state index is 12.9. The van der Waals surface area contributed by atoms with Gasteiger partial charge in [-0.15, -0.1) is 0 Å². The molecule has 98 valence electrons. The fraction of sp³-hybridized carbons (Fsp3) is 0.250. The van der Waals surface area contributed by atoms with Crippen molar-refractivity contribution in [2.24, 2.45) is 5.92 Å². The minimum absolute atomic E-state index is 0.190. The second-order valence-electron chi connectivity index (χ2n) is 4.96. The van der Waals surface area contributed by atoms with Gasteiger partial charge in [0.25, 0.3) is 0 Å². The maximum Gasteiger partial charge on any atom is 0.124 e. The van der Waals surface area contributed by atoms with Crippen molar-refractivity contribution in [2.45, 2.75) is 13.0 Å². The lowest BCUT2D eigenvalue weighted by atomic mass is 9.92. The largest absolute Gasteiger partial charge is 0.493 e. The van der Waals surface area contributed by atoms with Crippen molar-refractivity contribution in [1.82, 2.24) is 0 Å². The summed E-state index contributed by atoms with van der Waals surface area (Å²) in [4.78, 5) is 0. The Balaban J connectivity index is 1.89. The summed E-state index contributed by atoms with van der Waals surface area (Å²) in [6, 6.07) is 14.7. The van der Waals surface area contributed by atoms with E-state index >= 15 is 0 Å². The van der Waals surface area contributed by atoms with Crippen molar-refractivity contribution in [2.75, 3.05) is 11.9 Å². The van der Waals surface area contributed by atoms with Gasteiger partial charge in [-0.2, -0.15) is 0 Å². The van der Waals surface area contributed by atoms with Crippen LogP contribution in [0.2, 0.25) is 0 Å². The average molecular weight is 257 g/mol. The van der Waals surface area contributed by atoms with Crippen molar-refractivity contribution in [1.29, 1.82) is 0 Å². The lowest BCUT2D eigenvalue weighted by Crippen LogP contribution is -2.28. The van der Waals surface area contributed by atoms with E-state index < -0.39 is 0 Å². The van der Waals surface area contributed by atoms with E-state index in [0.29, 0.717) is 12.5 Å². The van der Waals surface area contributed by atoms with Crippen molar-refractivity contribution >= 4 is 5.69 Å². The number of fused-ring (bicyclic) bond motifs is 1. The monoisotopic (exact) mass is 257 g/mol. The van der Waals surface area contributed by atoms with Crippen LogP contribution in [-0.2, 0) is 0 Å². The molecule has 2 aromatic rings. The highest BCUT2D eigenvalue weighted by molar-refractivity contribution is 5.49. The first-order valence-electron chi connectivity index (χ1n) is 6.48. The molecule has 19 heavy (non-hydrogen) atoms. The number of nitrogens with one attached hydrogen (secondary N) is 1. The second kappa shape index (κ2) is 4.92. The van der Waals surface area contributed by atoms with E-state index in [1.165, 1.54) is 12.1 Å². The van der Waals surface area contributed by atoms with Crippen molar-refractivity contribution in [3.63, 3.8) is 0 Å². The number of hydrogen-bond acceptors (Lipinski definition) is 2. The quantitative estimate of drug-likeness (QED) is 0.877. The molecule has 1 aliphatic rings. The third kappa shape index (κ3) is 2.41. The van der Waals surface area contributed by atoms with Gasteiger partial charge in [-0.25, -0.2) is 4.39 Å². The normalized spacial score (nSPS) is 21.4. The zero-order chi connectivity index (χ0) is 13.2. The van der Waals surface area contributed by atoms with Crippen LogP contribution in [0.5, 0.6) is 5.75 Å². The minimum Gasteiger partial charge on any atom is -0.493 e. The number of hydrogen-bond donors (Lipinski definition) is 1. The van der Waals surface area contributed by atoms with Crippen LogP contribution in [0.1, 0.15) is 18.5 Å². The number of benzene rings is 2. The van der Waals surface area contributed by atoms with Crippen LogP contribution >= 0.6 is 0 Å². The van der Waals surface area contributed by atoms with Crippen molar-refractivity contribution in [3.8, 4) is 5.75 Å². The summed E-state index contributed by atoms with van der Waals surface area (Å²) in [5, 5.41) is 3.47. The van der Waals surface area contributed by atoms with E-state index in [1.807, 2.05) is 18.2 Å². The van der Waals surface area contributed by atoms with Crippen LogP contribution in [0.3, 0.4) is 0 Å². The third-order valence-electron chi connectivity index (χ3n) is 3.49. The molecule has 2 nitrogen and oxygen atoms in total. The molecule has 2 aromatic carbocycles. The average Bonchev–Trinajstić information content (AvgIpc) is 2.44. The van der Waals surface area contributed by atoms with Gasteiger partial charge in [0.15, 0.2) is 0 Å². The zero-order valence-electron chi connectivity index (χ0n) is 10.8. The molecule has 0 radical (unpaired) electrons. The Morgan fingerprint density at radius 1 is 1.11 bits per heavy atom. The van der Waals surface area contributed by atoms with E-state index in [4.69, 9.17) is 4.74 Å². The molecular weight excluding hydrogens is 241 g/mol. The number of rotatable bonds is 2. The molecule has 2 unspecified atom stereocenters. The molecule has 0 saturated heterocycles. The SMILES string of the molecule is CC1COc2ccccc2C1Nc1ccc(F)cc1. The molecule has 1 N–H and O–H groups in total. The van der Waals surface area contributed by atoms with Crippen LogP contribution in [0.25, 0.3) is 0 Å². The molecule has 2 atom stereocenters. The first-order chi connectivity index (χ1) is 9.24. The predicted molar refractivity (Wildman–Crippen MR) is 73.9 cm³/mol. The lowest BCUT2D eigenvalue weighted by Gasteiger charge is -2.32. The van der Waals surface area contributed by atoms with Crippen LogP contribution in [0.4, 0.5) is 10.1 Å². The maximum absolute atomic E-state index is 12.9. The van der Waals surface area contributed by atoms with E-state index in [2.05, 4.69) is 18.3 Å². The van der Waals surface area contributed by atoms with Gasteiger partial charge in [-0.3, -0.25) is 0 Å². The zero-order valence-corrected chi connectivity index (χ0v) is 10.8. The Hall–Kier alpha value is -2.03. The molecule has 0 amide bonds. The van der Waals surface area contributed by atoms with Gasteiger partial charge in [0.05, 0.1) is 12.6 Å². The van der Waals surface area contributed by atoms with Gasteiger partial charge in [0.2, 0.25) is 0 Å². The van der Waals surface area contributed by atoms with Gasteiger partial charge in [0, 0.05) is 17.2 Å². The van der Waals surface area contributed by atoms with Gasteiger partial charge in [-0.1, -0.05) is 25.1 Å². The summed E-state index contributed by atoms with van der Waals surface area (Å²) < 4.78 is 18.7. The molecule has 0 aliphatic carbocycles. The Kier molecular flexibility index (Phi) is 3.11. The van der Waals surface area contributed by atoms with Gasteiger partial charge >= 0.3 is 0 Å². The van der Waals surface area contributed by atoms with Gasteiger partial charge < -0.3 is 10.1 Å². The Bertz CT molecular complexity index is 567. The summed E-state index contributed by atoms with van der Waals surface area (Å²) >= 11 is 0. The van der Waals surface area contributed by atoms with E-state index in [9.17, 15) is 4.39 Å². The van der Waals surface area contributed by atoms with Crippen LogP contribution in [0.15, 0.2) is 48.5 Å². The summed E-state index contributed by atoms with van der Waals surface area (Å²) in [5.41, 5.74) is 2.08. The van der Waals surface area contributed by atoms with Crippen LogP contribution in [0, 0.1) is 11.7 Å². The van der Waals surface area contributed by atoms with Crippen LogP contribution < -0.4 is 10.1 Å². The smallest absolute Gasteiger partial charge is 0.124 e. The fourth-order valence-electron chi connectivity index (χ4n) is 2.44. The Labute approximate surface area is 112 Å². The first-order valence-corrected chi connectivity index (χ1v) is 6.48. The van der Waals surface area contributed by atoms with Gasteiger partial charge in [-0.05, 0) is 30.3 Å². The Morgan fingerprint density at radius 2 is 1.84 bits per heavy atom. The summed E-state index contributed by atoms with van der Waals surface area (Å²) in [7, 11) is 0. The molecule has 0 fully saturated rings. The first kappa shape index (κ1) is 12.0. The highest BCUT2D eigenvalue weighted by atomic mass is 19.1. The van der Waals surface area contributed by atoms with Crippen molar-refractivity contribution in [3.05, 3.63) is 59.9 Å². The van der Waals surface area contributed by atoms with E-state index in [-0.39, 0.29) is 11.9 Å². The lowest BCUT2D eigenvalue weighted by molar-refractivity contribution is 0.214. The standard InChI is InChI=1S/C16H16FNO/c1-11-10-19-15-5-3-2-4-14(15)16(11)18-13-8-6-12(17)7-9-13/h2-9,11,16,18H,10H2,1H3. The third-order valence-corrected chi connectivity index (χ3v) is 3.49. The summed E-state index contributed by atoms with van der Waals surface area (Å²) in [5.74, 6) is 1.08. The van der Waals surface area contributed by atoms with Crippen molar-refractivity contribution < 1.29 is 9.13 Å². The molecule has 0 aromatic heterocycles. The number of halogens is 1. The molecule has 0 saturated carbocycles. The molecule has 0 bridgehead atoms. The second-order valence-corrected chi connectivity index (χ2v) is 4.96. The molecule has 3 heteroatoms. The van der Waals surface area contributed by atoms with E-state index in [1.54, 1.807) is 12.1 Å². The fourth-order valence-corrected chi connectivity index (χ4v) is 2.44. The number of para-hydroxylation sites is 1. The van der Waals surface area contributed by atoms with E-state index in [0.717, 1.165) is 17.0 Å². The Morgan fingerprint density at radius 3 is 2.63 bits per heavy atom. The minimum atomic E-state index is -0.217.